The highest BCUT2D eigenvalue weighted by atomic mass is 35.5. The largest absolute Gasteiger partial charge is 0.383 e. The summed E-state index contributed by atoms with van der Waals surface area (Å²) in [7, 11) is 1.96. The summed E-state index contributed by atoms with van der Waals surface area (Å²) in [5, 5.41) is 7.87. The summed E-state index contributed by atoms with van der Waals surface area (Å²) in [5.74, 6) is 5.68. The molecule has 0 fully saturated rings. The van der Waals surface area contributed by atoms with E-state index in [1.807, 2.05) is 43.8 Å². The summed E-state index contributed by atoms with van der Waals surface area (Å²) in [5.41, 5.74) is 8.64. The quantitative estimate of drug-likeness (QED) is 0.435. The van der Waals surface area contributed by atoms with Crippen LogP contribution in [-0.2, 0) is 4.84 Å². The first-order valence-corrected chi connectivity index (χ1v) is 9.13. The Kier molecular flexibility index (Phi) is 4.52. The fourth-order valence-corrected chi connectivity index (χ4v) is 3.67. The standard InChI is InChI=1S/C18H19ClN8O2/c1-8-17-22-9(2)25-27(17)12-6-4-5-10(15(12)26(8)3)23-11-7-13(19)24-16(20)14(11)18(28)29-21/h4-8H,21H2,1-3H3,(H3,20,23,24). The molecule has 1 aromatic carbocycles. The molecule has 3 heterocycles. The molecule has 0 spiro atoms. The molecule has 0 saturated heterocycles. The molecule has 5 N–H and O–H groups in total. The zero-order chi connectivity index (χ0) is 20.9. The number of hydrogen-bond donors (Lipinski definition) is 3. The number of para-hydroxylation sites is 1. The van der Waals surface area contributed by atoms with E-state index < -0.39 is 5.97 Å². The number of aryl methyl sites for hydroxylation is 1. The molecule has 0 amide bonds. The smallest absolute Gasteiger partial charge is 0.362 e. The van der Waals surface area contributed by atoms with Crippen molar-refractivity contribution in [2.45, 2.75) is 19.9 Å². The molecule has 4 rings (SSSR count). The maximum Gasteiger partial charge on any atom is 0.362 e. The number of fused-ring (bicyclic) bond motifs is 3. The maximum absolute atomic E-state index is 12.1. The van der Waals surface area contributed by atoms with Crippen LogP contribution in [0.1, 0.15) is 35.0 Å². The van der Waals surface area contributed by atoms with Gasteiger partial charge in [-0.15, -0.1) is 0 Å². The van der Waals surface area contributed by atoms with Gasteiger partial charge in [0.1, 0.15) is 22.4 Å². The first kappa shape index (κ1) is 19.0. The summed E-state index contributed by atoms with van der Waals surface area (Å²) in [6, 6.07) is 7.16. The van der Waals surface area contributed by atoms with Crippen molar-refractivity contribution in [1.29, 1.82) is 0 Å². The second kappa shape index (κ2) is 6.90. The molecular formula is C18H19ClN8O2. The van der Waals surface area contributed by atoms with Crippen molar-refractivity contribution in [3.05, 3.63) is 46.6 Å². The highest BCUT2D eigenvalue weighted by Crippen LogP contribution is 2.42. The van der Waals surface area contributed by atoms with Crippen LogP contribution in [0.15, 0.2) is 24.3 Å². The number of anilines is 4. The van der Waals surface area contributed by atoms with Gasteiger partial charge in [0, 0.05) is 13.1 Å². The number of carbonyl (C=O) groups is 1. The lowest BCUT2D eigenvalue weighted by Gasteiger charge is -2.35. The highest BCUT2D eigenvalue weighted by molar-refractivity contribution is 6.30. The number of hydrogen-bond acceptors (Lipinski definition) is 9. The summed E-state index contributed by atoms with van der Waals surface area (Å²) in [4.78, 5) is 27.0. The number of nitrogens with two attached hydrogens (primary N) is 2. The number of pyridine rings is 1. The molecule has 150 valence electrons. The summed E-state index contributed by atoms with van der Waals surface area (Å²) in [6.45, 7) is 3.89. The highest BCUT2D eigenvalue weighted by Gasteiger charge is 2.31. The van der Waals surface area contributed by atoms with Gasteiger partial charge in [-0.1, -0.05) is 17.7 Å². The second-order valence-electron chi connectivity index (χ2n) is 6.67. The van der Waals surface area contributed by atoms with Crippen LogP contribution in [0.5, 0.6) is 0 Å². The van der Waals surface area contributed by atoms with Gasteiger partial charge in [-0.3, -0.25) is 0 Å². The van der Waals surface area contributed by atoms with Crippen LogP contribution in [-0.4, -0.2) is 32.8 Å². The Morgan fingerprint density at radius 2 is 2.07 bits per heavy atom. The van der Waals surface area contributed by atoms with E-state index in [2.05, 4.69) is 30.1 Å². The van der Waals surface area contributed by atoms with E-state index in [-0.39, 0.29) is 22.6 Å². The van der Waals surface area contributed by atoms with Crippen molar-refractivity contribution in [3.8, 4) is 5.69 Å². The molecule has 1 atom stereocenters. The van der Waals surface area contributed by atoms with Crippen molar-refractivity contribution in [2.75, 3.05) is 23.0 Å². The third-order valence-electron chi connectivity index (χ3n) is 4.88. The number of rotatable bonds is 3. The van der Waals surface area contributed by atoms with Gasteiger partial charge in [0.25, 0.3) is 0 Å². The van der Waals surface area contributed by atoms with Gasteiger partial charge in [0.15, 0.2) is 5.82 Å². The fraction of sp³-hybridized carbons (Fsp3) is 0.222. The van der Waals surface area contributed by atoms with Gasteiger partial charge in [-0.05, 0) is 26.0 Å². The molecule has 0 aliphatic carbocycles. The van der Waals surface area contributed by atoms with E-state index in [0.29, 0.717) is 17.2 Å². The van der Waals surface area contributed by atoms with Gasteiger partial charge in [-0.25, -0.2) is 19.4 Å². The van der Waals surface area contributed by atoms with Gasteiger partial charge >= 0.3 is 5.97 Å². The Labute approximate surface area is 171 Å². The average Bonchev–Trinajstić information content (AvgIpc) is 3.07. The number of nitrogens with one attached hydrogen (secondary N) is 1. The Morgan fingerprint density at radius 3 is 2.79 bits per heavy atom. The lowest BCUT2D eigenvalue weighted by Crippen LogP contribution is -2.31. The lowest BCUT2D eigenvalue weighted by atomic mass is 10.1. The molecular weight excluding hydrogens is 396 g/mol. The minimum absolute atomic E-state index is 0.00157. The molecule has 11 heteroatoms. The van der Waals surface area contributed by atoms with Crippen LogP contribution in [0.2, 0.25) is 5.15 Å². The molecule has 1 aliphatic rings. The van der Waals surface area contributed by atoms with Crippen LogP contribution < -0.4 is 21.8 Å². The van der Waals surface area contributed by atoms with Gasteiger partial charge in [0.05, 0.1) is 28.8 Å². The van der Waals surface area contributed by atoms with E-state index in [1.54, 1.807) is 0 Å². The Bertz CT molecular complexity index is 1130. The van der Waals surface area contributed by atoms with Gasteiger partial charge in [-0.2, -0.15) is 11.0 Å². The lowest BCUT2D eigenvalue weighted by molar-refractivity contribution is 0.0505. The summed E-state index contributed by atoms with van der Waals surface area (Å²) in [6.07, 6.45) is 0. The minimum atomic E-state index is -0.824. The van der Waals surface area contributed by atoms with Crippen molar-refractivity contribution >= 4 is 40.5 Å². The topological polar surface area (TPSA) is 137 Å². The van der Waals surface area contributed by atoms with Crippen LogP contribution in [0.3, 0.4) is 0 Å². The number of nitrogen functional groups attached to an aromatic ring is 1. The fourth-order valence-electron chi connectivity index (χ4n) is 3.47. The second-order valence-corrected chi connectivity index (χ2v) is 7.06. The Morgan fingerprint density at radius 1 is 1.31 bits per heavy atom. The first-order valence-electron chi connectivity index (χ1n) is 8.75. The molecule has 0 bridgehead atoms. The van der Waals surface area contributed by atoms with Crippen LogP contribution in [0.4, 0.5) is 22.9 Å². The van der Waals surface area contributed by atoms with Crippen molar-refractivity contribution in [2.24, 2.45) is 5.90 Å². The van der Waals surface area contributed by atoms with Crippen LogP contribution >= 0.6 is 11.6 Å². The number of benzene rings is 1. The van der Waals surface area contributed by atoms with Crippen molar-refractivity contribution in [1.82, 2.24) is 19.7 Å². The third kappa shape index (κ3) is 3.02. The molecule has 10 nitrogen and oxygen atoms in total. The number of carbonyl (C=O) groups excluding carboxylic acids is 1. The SMILES string of the molecule is Cc1nc2n(n1)-c1cccc(Nc3cc(Cl)nc(N)c3C(=O)ON)c1N(C)C2C. The zero-order valence-corrected chi connectivity index (χ0v) is 16.7. The van der Waals surface area contributed by atoms with E-state index >= 15 is 0 Å². The molecule has 29 heavy (non-hydrogen) atoms. The first-order chi connectivity index (χ1) is 13.8. The van der Waals surface area contributed by atoms with Crippen molar-refractivity contribution < 1.29 is 9.63 Å². The predicted molar refractivity (Wildman–Crippen MR) is 109 cm³/mol. The normalized spacial score (nSPS) is 14.9. The summed E-state index contributed by atoms with van der Waals surface area (Å²) < 4.78 is 1.82. The van der Waals surface area contributed by atoms with E-state index in [1.165, 1.54) is 6.07 Å². The predicted octanol–water partition coefficient (Wildman–Crippen LogP) is 2.49. The maximum atomic E-state index is 12.1. The monoisotopic (exact) mass is 414 g/mol. The zero-order valence-electron chi connectivity index (χ0n) is 16.0. The minimum Gasteiger partial charge on any atom is -0.383 e. The molecule has 1 unspecified atom stereocenters. The van der Waals surface area contributed by atoms with Crippen LogP contribution in [0, 0.1) is 6.92 Å². The molecule has 0 radical (unpaired) electrons. The molecule has 2 aromatic heterocycles. The molecule has 0 saturated carbocycles. The van der Waals surface area contributed by atoms with Crippen LogP contribution in [0.25, 0.3) is 5.69 Å². The average molecular weight is 415 g/mol. The third-order valence-corrected chi connectivity index (χ3v) is 5.08. The Hall–Kier alpha value is -3.37. The number of halogens is 1. The Balaban J connectivity index is 1.88. The van der Waals surface area contributed by atoms with E-state index in [9.17, 15) is 4.79 Å². The molecule has 1 aliphatic heterocycles. The summed E-state index contributed by atoms with van der Waals surface area (Å²) >= 11 is 6.05. The molecule has 3 aromatic rings. The van der Waals surface area contributed by atoms with Gasteiger partial charge in [0.2, 0.25) is 0 Å². The van der Waals surface area contributed by atoms with E-state index in [4.69, 9.17) is 23.2 Å². The van der Waals surface area contributed by atoms with Gasteiger partial charge < -0.3 is 20.8 Å². The van der Waals surface area contributed by atoms with Crippen molar-refractivity contribution in [3.63, 3.8) is 0 Å². The number of nitrogens with zero attached hydrogens (tertiary/aromatic N) is 5. The number of aromatic nitrogens is 4. The van der Waals surface area contributed by atoms with E-state index in [0.717, 1.165) is 17.2 Å².